The highest BCUT2D eigenvalue weighted by molar-refractivity contribution is 7.54. The minimum absolute atomic E-state index is 0.238. The van der Waals surface area contributed by atoms with Crippen molar-refractivity contribution in [2.75, 3.05) is 25.5 Å². The topological polar surface area (TPSA) is 81.9 Å². The van der Waals surface area contributed by atoms with E-state index in [0.29, 0.717) is 29.2 Å². The van der Waals surface area contributed by atoms with E-state index in [0.717, 1.165) is 44.2 Å². The zero-order valence-electron chi connectivity index (χ0n) is 24.8. The van der Waals surface area contributed by atoms with E-state index >= 15 is 4.57 Å². The maximum Gasteiger partial charge on any atom is 0.345 e. The first-order chi connectivity index (χ1) is 17.8. The molecule has 0 saturated heterocycles. The zero-order valence-corrected chi connectivity index (χ0v) is 25.7. The molecule has 2 aliphatic carbocycles. The molecule has 0 spiro atoms. The fourth-order valence-corrected chi connectivity index (χ4v) is 9.00. The van der Waals surface area contributed by atoms with Gasteiger partial charge in [0, 0.05) is 24.7 Å². The van der Waals surface area contributed by atoms with Crippen LogP contribution >= 0.6 is 7.60 Å². The molecular formula is C30H51N2O5P. The quantitative estimate of drug-likeness (QED) is 0.157. The van der Waals surface area contributed by atoms with Gasteiger partial charge >= 0.3 is 7.60 Å². The van der Waals surface area contributed by atoms with Gasteiger partial charge in [-0.3, -0.25) is 14.7 Å². The van der Waals surface area contributed by atoms with Crippen molar-refractivity contribution in [1.29, 1.82) is 0 Å². The van der Waals surface area contributed by atoms with E-state index in [-0.39, 0.29) is 29.0 Å². The number of rotatable bonds is 11. The van der Waals surface area contributed by atoms with Crippen LogP contribution in [0.5, 0.6) is 0 Å². The number of nitrogens with zero attached hydrogens (tertiary/aromatic N) is 2. The van der Waals surface area contributed by atoms with Gasteiger partial charge in [0.2, 0.25) is 6.54 Å². The molecule has 1 aromatic carbocycles. The normalized spacial score (nSPS) is 30.7. The molecule has 8 heteroatoms. The smallest absolute Gasteiger partial charge is 0.345 e. The van der Waals surface area contributed by atoms with Crippen LogP contribution in [-0.4, -0.2) is 37.8 Å². The molecule has 2 fully saturated rings. The fourth-order valence-electron chi connectivity index (χ4n) is 6.54. The van der Waals surface area contributed by atoms with Gasteiger partial charge < -0.3 is 13.9 Å². The van der Waals surface area contributed by atoms with Crippen LogP contribution in [0.2, 0.25) is 0 Å². The molecule has 2 saturated carbocycles. The van der Waals surface area contributed by atoms with E-state index in [1.807, 2.05) is 43.3 Å². The predicted molar refractivity (Wildman–Crippen MR) is 155 cm³/mol. The molecule has 38 heavy (non-hydrogen) atoms. The first-order valence-electron chi connectivity index (χ1n) is 14.7. The molecule has 0 amide bonds. The largest absolute Gasteiger partial charge is 0.378 e. The minimum atomic E-state index is -3.94. The molecule has 0 bridgehead atoms. The van der Waals surface area contributed by atoms with Crippen LogP contribution < -0.4 is 4.90 Å². The second-order valence-electron chi connectivity index (χ2n) is 13.0. The maximum absolute atomic E-state index is 15.2. The number of hydrogen-bond acceptors (Lipinski definition) is 6. The highest BCUT2D eigenvalue weighted by Crippen LogP contribution is 2.65. The van der Waals surface area contributed by atoms with E-state index in [4.69, 9.17) is 9.05 Å². The van der Waals surface area contributed by atoms with Crippen molar-refractivity contribution in [2.45, 2.75) is 97.9 Å². The first kappa shape index (κ1) is 31.1. The molecule has 0 heterocycles. The molecule has 2 aliphatic rings. The van der Waals surface area contributed by atoms with Crippen LogP contribution in [0.3, 0.4) is 0 Å². The van der Waals surface area contributed by atoms with Gasteiger partial charge in [-0.05, 0) is 78.9 Å². The molecule has 216 valence electrons. The average Bonchev–Trinajstić information content (AvgIpc) is 2.82. The summed E-state index contributed by atoms with van der Waals surface area (Å²) in [5, 5.41) is 12.0. The Labute approximate surface area is 230 Å². The Hall–Kier alpha value is -1.43. The van der Waals surface area contributed by atoms with Crippen molar-refractivity contribution in [3.8, 4) is 0 Å². The summed E-state index contributed by atoms with van der Waals surface area (Å²) < 4.78 is 28.6. The van der Waals surface area contributed by atoms with Crippen LogP contribution in [0.4, 0.5) is 5.69 Å². The standard InChI is InChI=1S/C30H51N2O5P/c1-20(2)26-15-9-22(5)17-28(26)36-38(35,37-29-18-23(6)10-16-27(29)21(3)4)30(19-32(33)34)24-11-13-25(14-12-24)31(7)8/h11-14,20-23,26-30H,9-10,15-19H2,1-8H3/t22-,23+,26-,27+,28-,29-,30+,38?/m1/s1. The maximum atomic E-state index is 15.2. The molecule has 1 unspecified atom stereocenters. The fraction of sp³-hybridized carbons (Fsp3) is 0.800. The van der Waals surface area contributed by atoms with Crippen molar-refractivity contribution in [1.82, 2.24) is 0 Å². The Bertz CT molecular complexity index is 912. The van der Waals surface area contributed by atoms with E-state index in [2.05, 4.69) is 41.5 Å². The molecule has 7 nitrogen and oxygen atoms in total. The molecule has 8 atom stereocenters. The van der Waals surface area contributed by atoms with Crippen LogP contribution in [0.1, 0.15) is 91.3 Å². The van der Waals surface area contributed by atoms with Gasteiger partial charge in [-0.2, -0.15) is 0 Å². The lowest BCUT2D eigenvalue weighted by atomic mass is 9.75. The SMILES string of the molecule is CC(C)[C@H]1CC[C@@H](C)C[C@H]1OP(=O)(O[C@@H]1C[C@@H](C)CC[C@H]1C(C)C)[C@@H](C[N+](=O)[O-])c1ccc(N(C)C)cc1. The third kappa shape index (κ3) is 7.82. The van der Waals surface area contributed by atoms with Gasteiger partial charge in [0.1, 0.15) is 0 Å². The molecule has 1 aromatic rings. The lowest BCUT2D eigenvalue weighted by Crippen LogP contribution is -2.37. The highest BCUT2D eigenvalue weighted by atomic mass is 31.2. The number of benzene rings is 1. The summed E-state index contributed by atoms with van der Waals surface area (Å²) in [6.45, 7) is 12.7. The van der Waals surface area contributed by atoms with E-state index in [1.165, 1.54) is 0 Å². The van der Waals surface area contributed by atoms with E-state index in [9.17, 15) is 10.1 Å². The summed E-state index contributed by atoms with van der Waals surface area (Å²) in [5.74, 6) is 2.15. The number of hydrogen-bond donors (Lipinski definition) is 0. The third-order valence-electron chi connectivity index (χ3n) is 8.99. The molecule has 0 radical (unpaired) electrons. The molecule has 0 aromatic heterocycles. The summed E-state index contributed by atoms with van der Waals surface area (Å²) in [4.78, 5) is 13.6. The lowest BCUT2D eigenvalue weighted by molar-refractivity contribution is -0.480. The molecule has 0 N–H and O–H groups in total. The van der Waals surface area contributed by atoms with E-state index < -0.39 is 19.8 Å². The number of anilines is 1. The predicted octanol–water partition coefficient (Wildman–Crippen LogP) is 8.22. The van der Waals surface area contributed by atoms with Gasteiger partial charge in [0.05, 0.1) is 12.2 Å². The Balaban J connectivity index is 2.07. The van der Waals surface area contributed by atoms with Gasteiger partial charge in [-0.25, -0.2) is 0 Å². The first-order valence-corrected chi connectivity index (χ1v) is 16.3. The molecule has 0 aliphatic heterocycles. The van der Waals surface area contributed by atoms with Crippen molar-refractivity contribution in [2.24, 2.45) is 35.5 Å². The second kappa shape index (κ2) is 13.3. The Morgan fingerprint density at radius 2 is 1.34 bits per heavy atom. The monoisotopic (exact) mass is 550 g/mol. The summed E-state index contributed by atoms with van der Waals surface area (Å²) in [7, 11) is -0.0403. The third-order valence-corrected chi connectivity index (χ3v) is 11.3. The van der Waals surface area contributed by atoms with Crippen LogP contribution in [0, 0.1) is 45.6 Å². The Kier molecular flexibility index (Phi) is 10.9. The number of nitro groups is 1. The summed E-state index contributed by atoms with van der Waals surface area (Å²) in [6, 6.07) is 7.56. The lowest BCUT2D eigenvalue weighted by Gasteiger charge is -2.43. The van der Waals surface area contributed by atoms with Crippen molar-refractivity contribution in [3.63, 3.8) is 0 Å². The molecule has 3 rings (SSSR count). The average molecular weight is 551 g/mol. The van der Waals surface area contributed by atoms with Crippen LogP contribution in [0.15, 0.2) is 24.3 Å². The van der Waals surface area contributed by atoms with Gasteiger partial charge in [-0.15, -0.1) is 0 Å². The van der Waals surface area contributed by atoms with Crippen molar-refractivity contribution in [3.05, 3.63) is 39.9 Å². The summed E-state index contributed by atoms with van der Waals surface area (Å²) >= 11 is 0. The zero-order chi connectivity index (χ0) is 28.2. The Morgan fingerprint density at radius 1 is 0.895 bits per heavy atom. The second-order valence-corrected chi connectivity index (χ2v) is 15.1. The van der Waals surface area contributed by atoms with Gasteiger partial charge in [-0.1, -0.05) is 66.5 Å². The van der Waals surface area contributed by atoms with Gasteiger partial charge in [0.25, 0.3) is 0 Å². The van der Waals surface area contributed by atoms with Crippen LogP contribution in [-0.2, 0) is 13.6 Å². The van der Waals surface area contributed by atoms with Crippen LogP contribution in [0.25, 0.3) is 0 Å². The molecular weight excluding hydrogens is 499 g/mol. The van der Waals surface area contributed by atoms with E-state index in [1.54, 1.807) is 0 Å². The summed E-state index contributed by atoms with van der Waals surface area (Å²) in [6.07, 6.45) is 5.38. The summed E-state index contributed by atoms with van der Waals surface area (Å²) in [5.41, 5.74) is 0.668. The van der Waals surface area contributed by atoms with Crippen molar-refractivity contribution >= 4 is 13.3 Å². The van der Waals surface area contributed by atoms with Crippen molar-refractivity contribution < 1.29 is 18.5 Å². The van der Waals surface area contributed by atoms with Gasteiger partial charge in [0.15, 0.2) is 5.66 Å². The highest BCUT2D eigenvalue weighted by Gasteiger charge is 2.48. The minimum Gasteiger partial charge on any atom is -0.378 e. The Morgan fingerprint density at radius 3 is 1.71 bits per heavy atom.